The van der Waals surface area contributed by atoms with Crippen molar-refractivity contribution in [2.75, 3.05) is 31.3 Å². The molecule has 1 N–H and O–H groups in total. The number of amides is 1. The second-order valence-corrected chi connectivity index (χ2v) is 12.0. The lowest BCUT2D eigenvalue weighted by molar-refractivity contribution is -0.119. The molecule has 1 fully saturated rings. The third-order valence-corrected chi connectivity index (χ3v) is 8.56. The van der Waals surface area contributed by atoms with E-state index in [0.29, 0.717) is 0 Å². The Kier molecular flexibility index (Phi) is 19.9. The molecule has 1 aliphatic heterocycles. The molecule has 1 unspecified atom stereocenters. The van der Waals surface area contributed by atoms with Crippen LogP contribution in [0.3, 0.4) is 0 Å². The van der Waals surface area contributed by atoms with Gasteiger partial charge in [0.15, 0.2) is 0 Å². The lowest BCUT2D eigenvalue weighted by Crippen LogP contribution is -2.38. The topological polar surface area (TPSA) is 73.9 Å². The van der Waals surface area contributed by atoms with Crippen LogP contribution in [0.5, 0.6) is 0 Å². The molecule has 0 radical (unpaired) electrons. The summed E-state index contributed by atoms with van der Waals surface area (Å²) in [6.45, 7) is 4.48. The highest BCUT2D eigenvalue weighted by atomic mass is 32.2. The molecule has 0 spiro atoms. The van der Waals surface area contributed by atoms with Crippen LogP contribution in [-0.2, 0) is 22.9 Å². The van der Waals surface area contributed by atoms with Crippen LogP contribution in [0.1, 0.15) is 117 Å². The predicted molar refractivity (Wildman–Crippen MR) is 140 cm³/mol. The monoisotopic (exact) mass is 507 g/mol. The molecule has 1 saturated heterocycles. The normalized spacial score (nSPS) is 16.2. The lowest BCUT2D eigenvalue weighted by atomic mass is 10.0. The van der Waals surface area contributed by atoms with E-state index in [1.165, 1.54) is 110 Å². The van der Waals surface area contributed by atoms with Crippen LogP contribution in [0.2, 0.25) is 0 Å². The molecule has 0 saturated carbocycles. The zero-order valence-corrected chi connectivity index (χ0v) is 23.0. The molecule has 0 aromatic rings. The minimum atomic E-state index is -3.41. The fourth-order valence-corrected chi connectivity index (χ4v) is 6.21. The van der Waals surface area contributed by atoms with Crippen molar-refractivity contribution in [1.82, 2.24) is 5.32 Å². The van der Waals surface area contributed by atoms with Crippen LogP contribution in [0, 0.1) is 0 Å². The molecule has 8 heteroatoms. The van der Waals surface area contributed by atoms with E-state index in [1.807, 2.05) is 0 Å². The number of carbonyl (C=O) groups excluding carboxylic acids is 1. The van der Waals surface area contributed by atoms with Crippen LogP contribution >= 0.6 is 19.6 Å². The van der Waals surface area contributed by atoms with Gasteiger partial charge in [0.2, 0.25) is 5.91 Å². The van der Waals surface area contributed by atoms with Crippen molar-refractivity contribution in [2.24, 2.45) is 0 Å². The second kappa shape index (κ2) is 21.2. The smallest absolute Gasteiger partial charge is 0.350 e. The zero-order valence-electron chi connectivity index (χ0n) is 21.3. The maximum Gasteiger partial charge on any atom is 0.475 e. The molecule has 1 aliphatic rings. The Labute approximate surface area is 207 Å². The molecule has 33 heavy (non-hydrogen) atoms. The Morgan fingerprint density at radius 2 is 1.30 bits per heavy atom. The summed E-state index contributed by atoms with van der Waals surface area (Å²) < 4.78 is 27.4. The number of nitrogens with one attached hydrogen (secondary N) is 1. The number of phosphoric acid groups is 1. The minimum Gasteiger partial charge on any atom is -0.350 e. The Morgan fingerprint density at radius 1 is 0.848 bits per heavy atom. The summed E-state index contributed by atoms with van der Waals surface area (Å²) in [5, 5.41) is 2.86. The number of phosphoric ester groups is 1. The number of rotatable bonds is 23. The van der Waals surface area contributed by atoms with E-state index in [0.717, 1.165) is 11.5 Å². The summed E-state index contributed by atoms with van der Waals surface area (Å²) in [6, 6.07) is -0.188. The van der Waals surface area contributed by atoms with Gasteiger partial charge < -0.3 is 5.32 Å². The second-order valence-electron chi connectivity index (χ2n) is 9.19. The number of carbonyl (C=O) groups is 1. The maximum atomic E-state index is 12.1. The third kappa shape index (κ3) is 18.9. The van der Waals surface area contributed by atoms with Crippen LogP contribution in [0.25, 0.3) is 0 Å². The molecule has 196 valence electrons. The van der Waals surface area contributed by atoms with Gasteiger partial charge in [0, 0.05) is 12.7 Å². The van der Waals surface area contributed by atoms with Crippen molar-refractivity contribution < 1.29 is 22.9 Å². The highest BCUT2D eigenvalue weighted by Crippen LogP contribution is 2.52. The van der Waals surface area contributed by atoms with E-state index in [-0.39, 0.29) is 31.8 Å². The summed E-state index contributed by atoms with van der Waals surface area (Å²) in [6.07, 6.45) is 22.0. The van der Waals surface area contributed by atoms with Gasteiger partial charge in [-0.25, -0.2) is 4.57 Å². The standard InChI is InChI=1S/C25H50NO5PS/c1-3-4-5-6-7-8-9-10-11-12-13-14-15-16-17-18-21-33-23-25(26-24(2)27)22-31-32(28)29-19-20-30-32/h25H,3-23H2,1-2H3,(H,26,27). The SMILES string of the molecule is CCCCCCCCCCCCCCCCCCSCC(COP1(=O)OCCO1)NC(C)=O. The molecule has 6 nitrogen and oxygen atoms in total. The van der Waals surface area contributed by atoms with Gasteiger partial charge in [0.1, 0.15) is 0 Å². The summed E-state index contributed by atoms with van der Waals surface area (Å²) >= 11 is 1.81. The molecule has 1 amide bonds. The van der Waals surface area contributed by atoms with E-state index in [1.54, 1.807) is 11.8 Å². The summed E-state index contributed by atoms with van der Waals surface area (Å²) in [5.41, 5.74) is 0. The quantitative estimate of drug-likeness (QED) is 0.113. The highest BCUT2D eigenvalue weighted by Gasteiger charge is 2.32. The van der Waals surface area contributed by atoms with E-state index >= 15 is 0 Å². The molecular formula is C25H50NO5PS. The van der Waals surface area contributed by atoms with Crippen LogP contribution < -0.4 is 5.32 Å². The maximum absolute atomic E-state index is 12.1. The average molecular weight is 508 g/mol. The zero-order chi connectivity index (χ0) is 24.0. The summed E-state index contributed by atoms with van der Waals surface area (Å²) in [5.74, 6) is 1.69. The molecule has 0 aromatic carbocycles. The number of thioether (sulfide) groups is 1. The van der Waals surface area contributed by atoms with Crippen molar-refractivity contribution in [1.29, 1.82) is 0 Å². The van der Waals surface area contributed by atoms with Gasteiger partial charge in [0.05, 0.1) is 25.9 Å². The van der Waals surface area contributed by atoms with Gasteiger partial charge in [-0.1, -0.05) is 103 Å². The van der Waals surface area contributed by atoms with Gasteiger partial charge in [0.25, 0.3) is 0 Å². The van der Waals surface area contributed by atoms with Crippen LogP contribution in [0.15, 0.2) is 0 Å². The first-order valence-corrected chi connectivity index (χ1v) is 16.1. The molecule has 1 heterocycles. The molecule has 0 aliphatic carbocycles. The Morgan fingerprint density at radius 3 is 1.76 bits per heavy atom. The lowest BCUT2D eigenvalue weighted by Gasteiger charge is -2.19. The summed E-state index contributed by atoms with van der Waals surface area (Å²) in [7, 11) is -3.41. The van der Waals surface area contributed by atoms with Crippen molar-refractivity contribution in [3.63, 3.8) is 0 Å². The molecule has 0 bridgehead atoms. The molecular weight excluding hydrogens is 457 g/mol. The summed E-state index contributed by atoms with van der Waals surface area (Å²) in [4.78, 5) is 11.4. The fraction of sp³-hybridized carbons (Fsp3) is 0.960. The molecule has 1 rings (SSSR count). The minimum absolute atomic E-state index is 0.113. The van der Waals surface area contributed by atoms with Gasteiger partial charge in [-0.15, -0.1) is 0 Å². The van der Waals surface area contributed by atoms with E-state index in [2.05, 4.69) is 12.2 Å². The van der Waals surface area contributed by atoms with Crippen molar-refractivity contribution >= 4 is 25.5 Å². The fourth-order valence-electron chi connectivity index (χ4n) is 3.99. The first-order valence-electron chi connectivity index (χ1n) is 13.4. The van der Waals surface area contributed by atoms with E-state index in [4.69, 9.17) is 13.6 Å². The van der Waals surface area contributed by atoms with Crippen molar-refractivity contribution in [2.45, 2.75) is 123 Å². The highest BCUT2D eigenvalue weighted by molar-refractivity contribution is 7.99. The van der Waals surface area contributed by atoms with Gasteiger partial charge in [-0.2, -0.15) is 11.8 Å². The van der Waals surface area contributed by atoms with E-state index < -0.39 is 7.82 Å². The van der Waals surface area contributed by atoms with E-state index in [9.17, 15) is 9.36 Å². The molecule has 0 aromatic heterocycles. The van der Waals surface area contributed by atoms with Crippen molar-refractivity contribution in [3.05, 3.63) is 0 Å². The number of hydrogen-bond donors (Lipinski definition) is 1. The first-order chi connectivity index (χ1) is 16.1. The van der Waals surface area contributed by atoms with Crippen LogP contribution in [0.4, 0.5) is 0 Å². The largest absolute Gasteiger partial charge is 0.475 e. The Bertz CT molecular complexity index is 513. The molecule has 1 atom stereocenters. The predicted octanol–water partition coefficient (Wildman–Crippen LogP) is 7.66. The van der Waals surface area contributed by atoms with Gasteiger partial charge >= 0.3 is 7.82 Å². The Hall–Kier alpha value is -0.0700. The Balaban J connectivity index is 1.87. The average Bonchev–Trinajstić information content (AvgIpc) is 3.23. The third-order valence-electron chi connectivity index (χ3n) is 5.88. The van der Waals surface area contributed by atoms with Gasteiger partial charge in [-0.05, 0) is 12.2 Å². The number of hydrogen-bond acceptors (Lipinski definition) is 6. The van der Waals surface area contributed by atoms with Crippen molar-refractivity contribution in [3.8, 4) is 0 Å². The van der Waals surface area contributed by atoms with Crippen LogP contribution in [-0.4, -0.2) is 43.3 Å². The van der Waals surface area contributed by atoms with Gasteiger partial charge in [-0.3, -0.25) is 18.4 Å². The first kappa shape index (κ1) is 31.0. The number of unbranched alkanes of at least 4 members (excludes halogenated alkanes) is 15.